The Kier molecular flexibility index (Phi) is 7.75. The normalized spacial score (nSPS) is 14.4. The topological polar surface area (TPSA) is 12.0 Å². The fourth-order valence-corrected chi connectivity index (χ4v) is 2.56. The molecule has 0 aliphatic heterocycles. The largest absolute Gasteiger partial charge is 0.314 e. The summed E-state index contributed by atoms with van der Waals surface area (Å²) in [7, 11) is 0. The summed E-state index contributed by atoms with van der Waals surface area (Å²) in [4.78, 5) is 0. The van der Waals surface area contributed by atoms with Crippen molar-refractivity contribution >= 4 is 0 Å². The molecule has 1 aromatic rings. The molecule has 0 fully saturated rings. The number of aryl methyl sites for hydroxylation is 1. The van der Waals surface area contributed by atoms with Crippen LogP contribution < -0.4 is 5.32 Å². The van der Waals surface area contributed by atoms with Crippen LogP contribution in [0.15, 0.2) is 30.3 Å². The Morgan fingerprint density at radius 3 is 2.44 bits per heavy atom. The highest BCUT2D eigenvalue weighted by Crippen LogP contribution is 2.17. The Bertz CT molecular complexity index is 294. The second kappa shape index (κ2) is 9.16. The van der Waals surface area contributed by atoms with Gasteiger partial charge in [-0.2, -0.15) is 0 Å². The highest BCUT2D eigenvalue weighted by molar-refractivity contribution is 5.14. The quantitative estimate of drug-likeness (QED) is 0.681. The van der Waals surface area contributed by atoms with Crippen LogP contribution in [0.4, 0.5) is 0 Å². The van der Waals surface area contributed by atoms with E-state index in [-0.39, 0.29) is 0 Å². The first-order chi connectivity index (χ1) is 8.77. The van der Waals surface area contributed by atoms with Gasteiger partial charge in [0.1, 0.15) is 0 Å². The van der Waals surface area contributed by atoms with Gasteiger partial charge in [0, 0.05) is 6.04 Å². The summed E-state index contributed by atoms with van der Waals surface area (Å²) in [5, 5.41) is 3.63. The van der Waals surface area contributed by atoms with E-state index in [0.717, 1.165) is 12.5 Å². The Morgan fingerprint density at radius 2 is 1.83 bits per heavy atom. The molecule has 102 valence electrons. The van der Waals surface area contributed by atoms with E-state index in [1.807, 2.05) is 0 Å². The molecule has 1 N–H and O–H groups in total. The van der Waals surface area contributed by atoms with E-state index >= 15 is 0 Å². The van der Waals surface area contributed by atoms with Gasteiger partial charge >= 0.3 is 0 Å². The fraction of sp³-hybridized carbons (Fsp3) is 0.647. The van der Waals surface area contributed by atoms with Crippen molar-refractivity contribution in [2.75, 3.05) is 6.54 Å². The molecule has 2 unspecified atom stereocenters. The molecule has 18 heavy (non-hydrogen) atoms. The van der Waals surface area contributed by atoms with Gasteiger partial charge < -0.3 is 5.32 Å². The first kappa shape index (κ1) is 15.2. The molecule has 0 aliphatic carbocycles. The minimum atomic E-state index is 0.658. The zero-order valence-corrected chi connectivity index (χ0v) is 12.3. The van der Waals surface area contributed by atoms with Crippen LogP contribution in [-0.4, -0.2) is 12.6 Å². The lowest BCUT2D eigenvalue weighted by Gasteiger charge is -2.23. The van der Waals surface area contributed by atoms with Crippen molar-refractivity contribution in [3.05, 3.63) is 35.9 Å². The van der Waals surface area contributed by atoms with Gasteiger partial charge in [-0.05, 0) is 50.6 Å². The van der Waals surface area contributed by atoms with Gasteiger partial charge in [-0.25, -0.2) is 0 Å². The van der Waals surface area contributed by atoms with Gasteiger partial charge in [0.2, 0.25) is 0 Å². The summed E-state index contributed by atoms with van der Waals surface area (Å²) in [6.07, 6.45) is 6.37. The average molecular weight is 247 g/mol. The first-order valence-electron chi connectivity index (χ1n) is 7.55. The summed E-state index contributed by atoms with van der Waals surface area (Å²) < 4.78 is 0. The molecule has 0 bridgehead atoms. The summed E-state index contributed by atoms with van der Waals surface area (Å²) in [5.41, 5.74) is 1.47. The van der Waals surface area contributed by atoms with Crippen molar-refractivity contribution in [1.82, 2.24) is 5.32 Å². The summed E-state index contributed by atoms with van der Waals surface area (Å²) in [5.74, 6) is 0.820. The second-order valence-electron chi connectivity index (χ2n) is 5.29. The predicted octanol–water partition coefficient (Wildman–Crippen LogP) is 4.42. The molecule has 1 heteroatoms. The maximum absolute atomic E-state index is 3.63. The molecule has 0 saturated heterocycles. The van der Waals surface area contributed by atoms with Crippen molar-refractivity contribution in [1.29, 1.82) is 0 Å². The van der Waals surface area contributed by atoms with Crippen molar-refractivity contribution in [3.63, 3.8) is 0 Å². The Morgan fingerprint density at radius 1 is 1.11 bits per heavy atom. The van der Waals surface area contributed by atoms with E-state index in [4.69, 9.17) is 0 Å². The SMILES string of the molecule is CCCNC(C)C(CC)CCCc1ccccc1. The Hall–Kier alpha value is -0.820. The fourth-order valence-electron chi connectivity index (χ4n) is 2.56. The van der Waals surface area contributed by atoms with E-state index in [2.05, 4.69) is 56.4 Å². The molecule has 1 rings (SSSR count). The Labute approximate surface area is 113 Å². The molecule has 1 aromatic carbocycles. The maximum atomic E-state index is 3.63. The van der Waals surface area contributed by atoms with Gasteiger partial charge in [0.15, 0.2) is 0 Å². The van der Waals surface area contributed by atoms with Crippen molar-refractivity contribution in [2.45, 2.75) is 58.9 Å². The first-order valence-corrected chi connectivity index (χ1v) is 7.55. The van der Waals surface area contributed by atoms with Gasteiger partial charge in [-0.3, -0.25) is 0 Å². The number of hydrogen-bond acceptors (Lipinski definition) is 1. The minimum Gasteiger partial charge on any atom is -0.314 e. The van der Waals surface area contributed by atoms with Crippen LogP contribution >= 0.6 is 0 Å². The highest BCUT2D eigenvalue weighted by Gasteiger charge is 2.13. The second-order valence-corrected chi connectivity index (χ2v) is 5.29. The third-order valence-corrected chi connectivity index (χ3v) is 3.83. The van der Waals surface area contributed by atoms with Crippen LogP contribution in [0.2, 0.25) is 0 Å². The smallest absolute Gasteiger partial charge is 0.00668 e. The molecule has 0 aromatic heterocycles. The van der Waals surface area contributed by atoms with Crippen LogP contribution in [0.3, 0.4) is 0 Å². The number of benzene rings is 1. The zero-order valence-electron chi connectivity index (χ0n) is 12.3. The number of hydrogen-bond donors (Lipinski definition) is 1. The van der Waals surface area contributed by atoms with Crippen molar-refractivity contribution in [3.8, 4) is 0 Å². The Balaban J connectivity index is 2.26. The molecule has 0 saturated carbocycles. The van der Waals surface area contributed by atoms with E-state index in [9.17, 15) is 0 Å². The van der Waals surface area contributed by atoms with Crippen LogP contribution in [-0.2, 0) is 6.42 Å². The molecule has 0 amide bonds. The molecule has 1 nitrogen and oxygen atoms in total. The van der Waals surface area contributed by atoms with Gasteiger partial charge in [0.05, 0.1) is 0 Å². The lowest BCUT2D eigenvalue weighted by atomic mass is 9.91. The minimum absolute atomic E-state index is 0.658. The third-order valence-electron chi connectivity index (χ3n) is 3.83. The van der Waals surface area contributed by atoms with E-state index < -0.39 is 0 Å². The monoisotopic (exact) mass is 247 g/mol. The lowest BCUT2D eigenvalue weighted by Crippen LogP contribution is -2.33. The van der Waals surface area contributed by atoms with Crippen molar-refractivity contribution < 1.29 is 0 Å². The van der Waals surface area contributed by atoms with E-state index in [1.165, 1.54) is 37.7 Å². The number of nitrogens with one attached hydrogen (secondary N) is 1. The van der Waals surface area contributed by atoms with Crippen LogP contribution in [0.25, 0.3) is 0 Å². The maximum Gasteiger partial charge on any atom is 0.00668 e. The van der Waals surface area contributed by atoms with Gasteiger partial charge in [0.25, 0.3) is 0 Å². The van der Waals surface area contributed by atoms with Crippen LogP contribution in [0.1, 0.15) is 52.0 Å². The number of rotatable bonds is 9. The van der Waals surface area contributed by atoms with Crippen LogP contribution in [0.5, 0.6) is 0 Å². The predicted molar refractivity (Wildman–Crippen MR) is 80.9 cm³/mol. The molecule has 0 aliphatic rings. The molecule has 2 atom stereocenters. The molecule has 0 heterocycles. The lowest BCUT2D eigenvalue weighted by molar-refractivity contribution is 0.337. The summed E-state index contributed by atoms with van der Waals surface area (Å²) >= 11 is 0. The average Bonchev–Trinajstić information content (AvgIpc) is 2.42. The molecular weight excluding hydrogens is 218 g/mol. The zero-order chi connectivity index (χ0) is 13.2. The molecular formula is C17H29N. The third kappa shape index (κ3) is 5.68. The molecule has 0 spiro atoms. The van der Waals surface area contributed by atoms with Gasteiger partial charge in [-0.1, -0.05) is 50.6 Å². The standard InChI is InChI=1S/C17H29N/c1-4-14-18-15(3)17(5-2)13-9-12-16-10-7-6-8-11-16/h6-8,10-11,15,17-18H,4-5,9,12-14H2,1-3H3. The summed E-state index contributed by atoms with van der Waals surface area (Å²) in [6.45, 7) is 8.04. The highest BCUT2D eigenvalue weighted by atomic mass is 14.9. The van der Waals surface area contributed by atoms with Crippen LogP contribution in [0, 0.1) is 5.92 Å². The van der Waals surface area contributed by atoms with E-state index in [1.54, 1.807) is 0 Å². The van der Waals surface area contributed by atoms with Gasteiger partial charge in [-0.15, -0.1) is 0 Å². The van der Waals surface area contributed by atoms with Crippen molar-refractivity contribution in [2.24, 2.45) is 5.92 Å². The summed E-state index contributed by atoms with van der Waals surface area (Å²) in [6, 6.07) is 11.5. The van der Waals surface area contributed by atoms with E-state index in [0.29, 0.717) is 6.04 Å². The molecule has 0 radical (unpaired) electrons.